The van der Waals surface area contributed by atoms with E-state index in [4.69, 9.17) is 11.6 Å². The molecule has 0 atom stereocenters. The third-order valence-corrected chi connectivity index (χ3v) is 2.96. The lowest BCUT2D eigenvalue weighted by atomic mass is 10.1. The highest BCUT2D eigenvalue weighted by molar-refractivity contribution is 6.33. The summed E-state index contributed by atoms with van der Waals surface area (Å²) in [5, 5.41) is 13.4. The summed E-state index contributed by atoms with van der Waals surface area (Å²) >= 11 is 5.82. The Kier molecular flexibility index (Phi) is 3.95. The number of rotatable bonds is 3. The van der Waals surface area contributed by atoms with Gasteiger partial charge in [-0.05, 0) is 31.2 Å². The van der Waals surface area contributed by atoms with Gasteiger partial charge >= 0.3 is 0 Å². The maximum Gasteiger partial charge on any atom is 0.272 e. The highest BCUT2D eigenvalue weighted by Crippen LogP contribution is 2.22. The number of carbonyl (C=O) groups excluding carboxylic acids is 1. The minimum atomic E-state index is -0.473. The third-order valence-electron chi connectivity index (χ3n) is 2.66. The van der Waals surface area contributed by atoms with Crippen LogP contribution in [0.4, 0.5) is 11.4 Å². The summed E-state index contributed by atoms with van der Waals surface area (Å²) in [4.78, 5) is 26.0. The van der Waals surface area contributed by atoms with E-state index in [-0.39, 0.29) is 16.4 Å². The van der Waals surface area contributed by atoms with Gasteiger partial charge in [0, 0.05) is 23.5 Å². The van der Waals surface area contributed by atoms with E-state index >= 15 is 0 Å². The van der Waals surface area contributed by atoms with Crippen molar-refractivity contribution >= 4 is 28.9 Å². The second-order valence-electron chi connectivity index (χ2n) is 4.05. The van der Waals surface area contributed by atoms with Crippen LogP contribution in [0.15, 0.2) is 36.5 Å². The third kappa shape index (κ3) is 2.92. The Labute approximate surface area is 119 Å². The van der Waals surface area contributed by atoms with Crippen molar-refractivity contribution in [2.75, 3.05) is 5.32 Å². The average molecular weight is 292 g/mol. The van der Waals surface area contributed by atoms with Gasteiger partial charge in [-0.2, -0.15) is 0 Å². The number of hydrogen-bond acceptors (Lipinski definition) is 4. The summed E-state index contributed by atoms with van der Waals surface area (Å²) in [7, 11) is 0. The molecule has 20 heavy (non-hydrogen) atoms. The van der Waals surface area contributed by atoms with Crippen LogP contribution in [0.25, 0.3) is 0 Å². The number of nitro groups is 1. The van der Waals surface area contributed by atoms with E-state index in [1.54, 1.807) is 19.1 Å². The average Bonchev–Trinajstić information content (AvgIpc) is 2.38. The molecule has 1 N–H and O–H groups in total. The van der Waals surface area contributed by atoms with Gasteiger partial charge in [0.2, 0.25) is 0 Å². The number of anilines is 1. The van der Waals surface area contributed by atoms with E-state index in [1.807, 2.05) is 0 Å². The Balaban J connectivity index is 2.23. The monoisotopic (exact) mass is 291 g/mol. The van der Waals surface area contributed by atoms with E-state index in [0.717, 1.165) is 0 Å². The van der Waals surface area contributed by atoms with Gasteiger partial charge < -0.3 is 5.32 Å². The lowest BCUT2D eigenvalue weighted by molar-refractivity contribution is -0.385. The van der Waals surface area contributed by atoms with Crippen molar-refractivity contribution in [2.24, 2.45) is 0 Å². The molecule has 7 heteroatoms. The summed E-state index contributed by atoms with van der Waals surface area (Å²) in [5.74, 6) is -0.420. The molecule has 1 amide bonds. The van der Waals surface area contributed by atoms with Crippen LogP contribution in [0.1, 0.15) is 15.9 Å². The van der Waals surface area contributed by atoms with Crippen molar-refractivity contribution in [3.8, 4) is 0 Å². The molecule has 0 saturated carbocycles. The Morgan fingerprint density at radius 3 is 2.75 bits per heavy atom. The zero-order valence-electron chi connectivity index (χ0n) is 10.5. The molecular formula is C13H10ClN3O3. The zero-order valence-corrected chi connectivity index (χ0v) is 11.2. The molecule has 102 valence electrons. The molecule has 0 aliphatic rings. The van der Waals surface area contributed by atoms with Crippen molar-refractivity contribution in [1.29, 1.82) is 0 Å². The SMILES string of the molecule is Cc1cc(NC(=O)c2cccnc2Cl)ccc1[N+](=O)[O-]. The second kappa shape index (κ2) is 5.66. The largest absolute Gasteiger partial charge is 0.322 e. The fourth-order valence-electron chi connectivity index (χ4n) is 1.69. The Bertz CT molecular complexity index is 688. The first-order valence-electron chi connectivity index (χ1n) is 5.66. The van der Waals surface area contributed by atoms with Crippen LogP contribution >= 0.6 is 11.6 Å². The zero-order chi connectivity index (χ0) is 14.7. The van der Waals surface area contributed by atoms with Crippen LogP contribution in [0.3, 0.4) is 0 Å². The van der Waals surface area contributed by atoms with Crippen molar-refractivity contribution in [3.05, 3.63) is 62.9 Å². The van der Waals surface area contributed by atoms with Crippen molar-refractivity contribution < 1.29 is 9.72 Å². The molecule has 0 unspecified atom stereocenters. The topological polar surface area (TPSA) is 85.1 Å². The maximum atomic E-state index is 12.0. The first-order valence-corrected chi connectivity index (χ1v) is 6.04. The number of nitro benzene ring substituents is 1. The highest BCUT2D eigenvalue weighted by Gasteiger charge is 2.14. The fourth-order valence-corrected chi connectivity index (χ4v) is 1.90. The van der Waals surface area contributed by atoms with Gasteiger partial charge in [-0.25, -0.2) is 4.98 Å². The Morgan fingerprint density at radius 2 is 2.15 bits per heavy atom. The fraction of sp³-hybridized carbons (Fsp3) is 0.0769. The summed E-state index contributed by atoms with van der Waals surface area (Å²) in [6.45, 7) is 1.60. The van der Waals surface area contributed by atoms with Crippen LogP contribution in [0, 0.1) is 17.0 Å². The number of nitrogens with one attached hydrogen (secondary N) is 1. The summed E-state index contributed by atoms with van der Waals surface area (Å²) < 4.78 is 0. The summed E-state index contributed by atoms with van der Waals surface area (Å²) in [6, 6.07) is 7.48. The first kappa shape index (κ1) is 14.0. The second-order valence-corrected chi connectivity index (χ2v) is 4.41. The van der Waals surface area contributed by atoms with Crippen LogP contribution in [0.5, 0.6) is 0 Å². The van der Waals surface area contributed by atoms with Crippen LogP contribution in [-0.2, 0) is 0 Å². The van der Waals surface area contributed by atoms with Gasteiger partial charge in [-0.3, -0.25) is 14.9 Å². The molecule has 0 fully saturated rings. The minimum absolute atomic E-state index is 0.00223. The number of aryl methyl sites for hydroxylation is 1. The van der Waals surface area contributed by atoms with Gasteiger partial charge in [0.25, 0.3) is 11.6 Å². The number of halogens is 1. The molecule has 2 aromatic rings. The normalized spacial score (nSPS) is 10.1. The van der Waals surface area contributed by atoms with E-state index in [0.29, 0.717) is 11.3 Å². The number of carbonyl (C=O) groups is 1. The molecule has 0 saturated heterocycles. The van der Waals surface area contributed by atoms with Gasteiger partial charge in [-0.15, -0.1) is 0 Å². The van der Waals surface area contributed by atoms with Gasteiger partial charge in [0.05, 0.1) is 10.5 Å². The molecule has 0 radical (unpaired) electrons. The molecule has 1 aromatic heterocycles. The number of nitrogens with zero attached hydrogens (tertiary/aromatic N) is 2. The Morgan fingerprint density at radius 1 is 1.40 bits per heavy atom. The number of benzene rings is 1. The summed E-state index contributed by atoms with van der Waals surface area (Å²) in [6.07, 6.45) is 1.48. The number of pyridine rings is 1. The van der Waals surface area contributed by atoms with Crippen molar-refractivity contribution in [3.63, 3.8) is 0 Å². The molecule has 1 heterocycles. The number of aromatic nitrogens is 1. The molecule has 0 aliphatic heterocycles. The van der Waals surface area contributed by atoms with E-state index < -0.39 is 10.8 Å². The van der Waals surface area contributed by atoms with Crippen molar-refractivity contribution in [2.45, 2.75) is 6.92 Å². The van der Waals surface area contributed by atoms with Crippen LogP contribution < -0.4 is 5.32 Å². The summed E-state index contributed by atoms with van der Waals surface area (Å²) in [5.41, 5.74) is 1.16. The standard InChI is InChI=1S/C13H10ClN3O3/c1-8-7-9(4-5-11(8)17(19)20)16-13(18)10-3-2-6-15-12(10)14/h2-7H,1H3,(H,16,18). The lowest BCUT2D eigenvalue weighted by Crippen LogP contribution is -2.13. The highest BCUT2D eigenvalue weighted by atomic mass is 35.5. The molecule has 6 nitrogen and oxygen atoms in total. The first-order chi connectivity index (χ1) is 9.49. The number of hydrogen-bond donors (Lipinski definition) is 1. The predicted octanol–water partition coefficient (Wildman–Crippen LogP) is 3.20. The molecule has 0 spiro atoms. The van der Waals surface area contributed by atoms with E-state index in [9.17, 15) is 14.9 Å². The smallest absolute Gasteiger partial charge is 0.272 e. The van der Waals surface area contributed by atoms with Gasteiger partial charge in [0.15, 0.2) is 0 Å². The number of amides is 1. The molecule has 1 aromatic carbocycles. The molecule has 0 aliphatic carbocycles. The molecule has 0 bridgehead atoms. The minimum Gasteiger partial charge on any atom is -0.322 e. The van der Waals surface area contributed by atoms with Gasteiger partial charge in [0.1, 0.15) is 5.15 Å². The quantitative estimate of drug-likeness (QED) is 0.534. The van der Waals surface area contributed by atoms with Crippen LogP contribution in [-0.4, -0.2) is 15.8 Å². The van der Waals surface area contributed by atoms with Crippen LogP contribution in [0.2, 0.25) is 5.15 Å². The lowest BCUT2D eigenvalue weighted by Gasteiger charge is -2.07. The van der Waals surface area contributed by atoms with E-state index in [1.165, 1.54) is 24.4 Å². The van der Waals surface area contributed by atoms with Gasteiger partial charge in [-0.1, -0.05) is 11.6 Å². The van der Waals surface area contributed by atoms with E-state index in [2.05, 4.69) is 10.3 Å². The molecular weight excluding hydrogens is 282 g/mol. The molecule has 2 rings (SSSR count). The maximum absolute atomic E-state index is 12.0. The predicted molar refractivity (Wildman–Crippen MR) is 75.0 cm³/mol. The van der Waals surface area contributed by atoms with Crippen molar-refractivity contribution in [1.82, 2.24) is 4.98 Å². The Hall–Kier alpha value is -2.47.